The first kappa shape index (κ1) is 26.2. The fourth-order valence-corrected chi connectivity index (χ4v) is 4.21. The Labute approximate surface area is 221 Å². The first-order chi connectivity index (χ1) is 18.5. The Kier molecular flexibility index (Phi) is 8.57. The number of nitrogens with zero attached hydrogens (tertiary/aromatic N) is 4. The molecule has 0 unspecified atom stereocenters. The average molecular weight is 513 g/mol. The molecule has 0 N–H and O–H groups in total. The van der Waals surface area contributed by atoms with Crippen LogP contribution in [0, 0.1) is 21.4 Å². The number of piperazine rings is 1. The summed E-state index contributed by atoms with van der Waals surface area (Å²) in [6.45, 7) is 4.79. The van der Waals surface area contributed by atoms with Gasteiger partial charge in [-0.05, 0) is 48.4 Å². The van der Waals surface area contributed by atoms with Crippen molar-refractivity contribution in [2.75, 3.05) is 37.7 Å². The molecule has 0 radical (unpaired) electrons. The third-order valence-corrected chi connectivity index (χ3v) is 6.13. The zero-order valence-electron chi connectivity index (χ0n) is 21.1. The van der Waals surface area contributed by atoms with Crippen molar-refractivity contribution in [3.05, 3.63) is 99.6 Å². The topological polar surface area (TPSA) is 109 Å². The quantitative estimate of drug-likeness (QED) is 0.175. The third kappa shape index (κ3) is 6.48. The van der Waals surface area contributed by atoms with Crippen LogP contribution in [-0.4, -0.2) is 48.5 Å². The second kappa shape index (κ2) is 12.4. The van der Waals surface area contributed by atoms with Crippen molar-refractivity contribution < 1.29 is 19.2 Å². The summed E-state index contributed by atoms with van der Waals surface area (Å²) in [6.07, 6.45) is 1.55. The van der Waals surface area contributed by atoms with Gasteiger partial charge in [0.2, 0.25) is 0 Å². The van der Waals surface area contributed by atoms with Gasteiger partial charge in [0.15, 0.2) is 11.5 Å². The molecule has 1 amide bonds. The number of nitro groups is 1. The van der Waals surface area contributed by atoms with E-state index in [1.54, 1.807) is 41.3 Å². The lowest BCUT2D eigenvalue weighted by Crippen LogP contribution is -2.49. The van der Waals surface area contributed by atoms with E-state index in [-0.39, 0.29) is 23.8 Å². The molecule has 3 aromatic carbocycles. The van der Waals surface area contributed by atoms with Crippen LogP contribution in [0.5, 0.6) is 11.5 Å². The fraction of sp³-hybridized carbons (Fsp3) is 0.241. The number of rotatable bonds is 9. The van der Waals surface area contributed by atoms with Crippen LogP contribution < -0.4 is 14.4 Å². The first-order valence-corrected chi connectivity index (χ1v) is 12.3. The van der Waals surface area contributed by atoms with Crippen molar-refractivity contribution in [3.63, 3.8) is 0 Å². The zero-order chi connectivity index (χ0) is 26.9. The maximum atomic E-state index is 13.1. The molecule has 1 aliphatic rings. The Bertz CT molecular complexity index is 1360. The highest BCUT2D eigenvalue weighted by atomic mass is 16.6. The molecule has 0 saturated carbocycles. The maximum absolute atomic E-state index is 13.1. The van der Waals surface area contributed by atoms with Gasteiger partial charge in [-0.3, -0.25) is 14.9 Å². The number of amides is 1. The highest BCUT2D eigenvalue weighted by Crippen LogP contribution is 2.30. The molecular formula is C29H28N4O5. The molecule has 38 heavy (non-hydrogen) atoms. The number of anilines is 1. The molecule has 3 aromatic rings. The van der Waals surface area contributed by atoms with Crippen molar-refractivity contribution in [2.45, 2.75) is 13.5 Å². The van der Waals surface area contributed by atoms with E-state index in [4.69, 9.17) is 9.47 Å². The molecule has 0 atom stereocenters. The minimum absolute atomic E-state index is 0.00760. The fourth-order valence-electron chi connectivity index (χ4n) is 4.21. The molecule has 0 spiro atoms. The van der Waals surface area contributed by atoms with Gasteiger partial charge in [-0.2, -0.15) is 5.26 Å². The molecule has 0 aromatic heterocycles. The van der Waals surface area contributed by atoms with Gasteiger partial charge in [-0.1, -0.05) is 36.4 Å². The van der Waals surface area contributed by atoms with Crippen molar-refractivity contribution in [1.29, 1.82) is 5.26 Å². The van der Waals surface area contributed by atoms with Crippen LogP contribution >= 0.6 is 0 Å². The Morgan fingerprint density at radius 2 is 1.76 bits per heavy atom. The molecule has 1 saturated heterocycles. The Morgan fingerprint density at radius 3 is 2.45 bits per heavy atom. The summed E-state index contributed by atoms with van der Waals surface area (Å²) >= 11 is 0. The SMILES string of the molecule is CCOc1cc(/C=C(/C#N)C(=O)N2CCN(c3ccccc3)CC2)ccc1OCc1cccc([N+](=O)[O-])c1. The Morgan fingerprint density at radius 1 is 1.00 bits per heavy atom. The van der Waals surface area contributed by atoms with E-state index >= 15 is 0 Å². The van der Waals surface area contributed by atoms with Crippen molar-refractivity contribution in [3.8, 4) is 17.6 Å². The van der Waals surface area contributed by atoms with Gasteiger partial charge in [0.05, 0.1) is 11.5 Å². The van der Waals surface area contributed by atoms with Gasteiger partial charge in [0.25, 0.3) is 11.6 Å². The molecule has 1 heterocycles. The van der Waals surface area contributed by atoms with E-state index in [9.17, 15) is 20.2 Å². The number of nitro benzene ring substituents is 1. The lowest BCUT2D eigenvalue weighted by Gasteiger charge is -2.36. The number of hydrogen-bond acceptors (Lipinski definition) is 7. The second-order valence-corrected chi connectivity index (χ2v) is 8.64. The summed E-state index contributed by atoms with van der Waals surface area (Å²) in [6, 6.07) is 23.5. The molecular weight excluding hydrogens is 484 g/mol. The van der Waals surface area contributed by atoms with Crippen LogP contribution in [0.3, 0.4) is 0 Å². The number of benzene rings is 3. The summed E-state index contributed by atoms with van der Waals surface area (Å²) in [5.41, 5.74) is 2.43. The molecule has 4 rings (SSSR count). The monoisotopic (exact) mass is 512 g/mol. The summed E-state index contributed by atoms with van der Waals surface area (Å²) in [5, 5.41) is 20.8. The van der Waals surface area contributed by atoms with Crippen molar-refractivity contribution in [2.24, 2.45) is 0 Å². The average Bonchev–Trinajstić information content (AvgIpc) is 2.96. The normalized spacial score (nSPS) is 13.5. The summed E-state index contributed by atoms with van der Waals surface area (Å²) in [5.74, 6) is 0.606. The highest BCUT2D eigenvalue weighted by Gasteiger charge is 2.24. The summed E-state index contributed by atoms with van der Waals surface area (Å²) in [7, 11) is 0. The van der Waals surface area contributed by atoms with Crippen LogP contribution in [0.4, 0.5) is 11.4 Å². The standard InChI is InChI=1S/C29H28N4O5/c1-2-37-28-19-22(11-12-27(28)38-21-23-7-6-10-26(18-23)33(35)36)17-24(20-30)29(34)32-15-13-31(14-16-32)25-8-4-3-5-9-25/h3-12,17-19H,2,13-16,21H2,1H3/b24-17-. The van der Waals surface area contributed by atoms with Gasteiger partial charge in [0, 0.05) is 44.0 Å². The van der Waals surface area contributed by atoms with E-state index in [0.29, 0.717) is 55.4 Å². The number of carbonyl (C=O) groups is 1. The lowest BCUT2D eigenvalue weighted by atomic mass is 10.1. The van der Waals surface area contributed by atoms with E-state index in [1.165, 1.54) is 12.1 Å². The first-order valence-electron chi connectivity index (χ1n) is 12.3. The minimum Gasteiger partial charge on any atom is -0.490 e. The second-order valence-electron chi connectivity index (χ2n) is 8.64. The van der Waals surface area contributed by atoms with Gasteiger partial charge >= 0.3 is 0 Å². The number of nitriles is 1. The van der Waals surface area contributed by atoms with E-state index < -0.39 is 4.92 Å². The molecule has 9 nitrogen and oxygen atoms in total. The number of para-hydroxylation sites is 1. The van der Waals surface area contributed by atoms with Crippen LogP contribution in [0.15, 0.2) is 78.4 Å². The smallest absolute Gasteiger partial charge is 0.269 e. The Balaban J connectivity index is 1.44. The van der Waals surface area contributed by atoms with Crippen molar-refractivity contribution in [1.82, 2.24) is 4.90 Å². The lowest BCUT2D eigenvalue weighted by molar-refractivity contribution is -0.384. The third-order valence-electron chi connectivity index (χ3n) is 6.13. The van der Waals surface area contributed by atoms with Crippen LogP contribution in [-0.2, 0) is 11.4 Å². The predicted octanol–water partition coefficient (Wildman–Crippen LogP) is 4.83. The van der Waals surface area contributed by atoms with E-state index in [0.717, 1.165) is 5.69 Å². The summed E-state index contributed by atoms with van der Waals surface area (Å²) in [4.78, 5) is 27.6. The van der Waals surface area contributed by atoms with Gasteiger partial charge in [0.1, 0.15) is 18.2 Å². The summed E-state index contributed by atoms with van der Waals surface area (Å²) < 4.78 is 11.6. The molecule has 0 bridgehead atoms. The number of hydrogen-bond donors (Lipinski definition) is 0. The highest BCUT2D eigenvalue weighted by molar-refractivity contribution is 6.01. The predicted molar refractivity (Wildman–Crippen MR) is 144 cm³/mol. The minimum atomic E-state index is -0.451. The molecule has 0 aliphatic carbocycles. The van der Waals surface area contributed by atoms with Gasteiger partial charge in [-0.15, -0.1) is 0 Å². The molecule has 194 valence electrons. The number of non-ortho nitro benzene ring substituents is 1. The van der Waals surface area contributed by atoms with Gasteiger partial charge < -0.3 is 19.3 Å². The number of ether oxygens (including phenoxy) is 2. The van der Waals surface area contributed by atoms with Crippen LogP contribution in [0.25, 0.3) is 6.08 Å². The molecule has 9 heteroatoms. The van der Waals surface area contributed by atoms with Crippen LogP contribution in [0.1, 0.15) is 18.1 Å². The molecule has 1 aliphatic heterocycles. The van der Waals surface area contributed by atoms with Crippen LogP contribution in [0.2, 0.25) is 0 Å². The Hall–Kier alpha value is -4.84. The van der Waals surface area contributed by atoms with Gasteiger partial charge in [-0.25, -0.2) is 0 Å². The number of carbonyl (C=O) groups excluding carboxylic acids is 1. The zero-order valence-corrected chi connectivity index (χ0v) is 21.1. The largest absolute Gasteiger partial charge is 0.490 e. The maximum Gasteiger partial charge on any atom is 0.269 e. The molecule has 1 fully saturated rings. The van der Waals surface area contributed by atoms with Crippen molar-refractivity contribution >= 4 is 23.4 Å². The van der Waals surface area contributed by atoms with E-state index in [1.807, 2.05) is 43.3 Å². The van der Waals surface area contributed by atoms with E-state index in [2.05, 4.69) is 4.90 Å².